The first-order chi connectivity index (χ1) is 21.6. The minimum absolute atomic E-state index is 0. The molecule has 0 N–H and O–H groups in total. The molecule has 4 aromatic carbocycles. The zero-order valence-corrected chi connectivity index (χ0v) is 27.7. The summed E-state index contributed by atoms with van der Waals surface area (Å²) in [4.78, 5) is 11.3. The van der Waals surface area contributed by atoms with E-state index in [9.17, 15) is 0 Å². The van der Waals surface area contributed by atoms with Crippen LogP contribution < -0.4 is 0 Å². The molecule has 0 saturated heterocycles. The van der Waals surface area contributed by atoms with Gasteiger partial charge in [-0.3, -0.25) is 9.97 Å². The van der Waals surface area contributed by atoms with E-state index in [4.69, 9.17) is 9.97 Å². The van der Waals surface area contributed by atoms with E-state index in [1.807, 2.05) is 12.1 Å². The fourth-order valence-corrected chi connectivity index (χ4v) is 8.25. The van der Waals surface area contributed by atoms with Gasteiger partial charge in [0.05, 0.1) is 11.4 Å². The molecule has 45 heavy (non-hydrogen) atoms. The first-order valence-corrected chi connectivity index (χ1v) is 15.8. The van der Waals surface area contributed by atoms with Crippen LogP contribution in [0.4, 0.5) is 0 Å². The Hall–Kier alpha value is -4.13. The number of fused-ring (bicyclic) bond motifs is 8. The molecule has 2 nitrogen and oxygen atoms in total. The molecule has 3 aliphatic carbocycles. The van der Waals surface area contributed by atoms with Gasteiger partial charge in [0.15, 0.2) is 0 Å². The third-order valence-corrected chi connectivity index (χ3v) is 10.4. The summed E-state index contributed by atoms with van der Waals surface area (Å²) in [6.07, 6.45) is 4.02. The summed E-state index contributed by atoms with van der Waals surface area (Å²) in [5.41, 5.74) is 15.9. The molecule has 0 unspecified atom stereocenters. The third-order valence-electron chi connectivity index (χ3n) is 10.4. The van der Waals surface area contributed by atoms with Crippen LogP contribution in [-0.2, 0) is 57.6 Å². The number of aryl methyl sites for hydroxylation is 4. The Bertz CT molecular complexity index is 1970. The van der Waals surface area contributed by atoms with Crippen molar-refractivity contribution in [2.75, 3.05) is 0 Å². The monoisotopic (exact) mass is 759 g/mol. The first kappa shape index (κ1) is 28.3. The van der Waals surface area contributed by atoms with E-state index < -0.39 is 5.41 Å². The van der Waals surface area contributed by atoms with Crippen LogP contribution in [0.5, 0.6) is 0 Å². The SMILES string of the molecule is CC1(C)c2ccccc2C(c2ccc3c(n2)-c2[c-]cccc2CC3)(c2ccc3c(n2)-c2[c-]cccc2CC3)c2ccccc21.[Pt+2]. The molecule has 0 radical (unpaired) electrons. The molecule has 0 amide bonds. The van der Waals surface area contributed by atoms with E-state index in [2.05, 4.69) is 123 Å². The van der Waals surface area contributed by atoms with Gasteiger partial charge in [-0.25, -0.2) is 0 Å². The van der Waals surface area contributed by atoms with Crippen LogP contribution in [0.1, 0.15) is 69.7 Å². The van der Waals surface area contributed by atoms with Crippen molar-refractivity contribution in [1.29, 1.82) is 0 Å². The van der Waals surface area contributed by atoms with E-state index in [0.717, 1.165) is 59.6 Å². The standard InChI is InChI=1S/C42H32N2.Pt/c1-41(2)33-15-7-9-17-35(33)42(36-18-10-8-16-34(36)41,37-25-23-29-21-19-27-11-3-5-13-31(27)39(29)43-37)38-26-24-30-22-20-28-12-4-6-14-32(28)40(30)44-38;/h3-12,15-18,23-26H,19-22H2,1-2H3;/q-2;+2. The second-order valence-corrected chi connectivity index (χ2v) is 13.0. The smallest absolute Gasteiger partial charge is 0.299 e. The molecule has 220 valence electrons. The molecule has 9 rings (SSSR count). The predicted octanol–water partition coefficient (Wildman–Crippen LogP) is 8.63. The van der Waals surface area contributed by atoms with E-state index in [1.54, 1.807) is 0 Å². The number of pyridine rings is 2. The number of hydrogen-bond donors (Lipinski definition) is 0. The fourth-order valence-electron chi connectivity index (χ4n) is 8.25. The molecule has 2 aromatic heterocycles. The number of hydrogen-bond acceptors (Lipinski definition) is 2. The average Bonchev–Trinajstić information content (AvgIpc) is 3.08. The average molecular weight is 760 g/mol. The van der Waals surface area contributed by atoms with Crippen LogP contribution in [0.3, 0.4) is 0 Å². The normalized spacial score (nSPS) is 16.0. The molecule has 3 aliphatic rings. The number of aromatic nitrogens is 2. The Labute approximate surface area is 279 Å². The minimum Gasteiger partial charge on any atom is -0.299 e. The minimum atomic E-state index is -0.703. The van der Waals surface area contributed by atoms with Gasteiger partial charge in [0.1, 0.15) is 5.41 Å². The van der Waals surface area contributed by atoms with E-state index in [0.29, 0.717) is 0 Å². The van der Waals surface area contributed by atoms with Crippen LogP contribution in [0.15, 0.2) is 109 Å². The Kier molecular flexibility index (Phi) is 6.59. The topological polar surface area (TPSA) is 25.8 Å². The molecule has 0 fully saturated rings. The number of nitrogens with zero attached hydrogens (tertiary/aromatic N) is 2. The van der Waals surface area contributed by atoms with Gasteiger partial charge >= 0.3 is 21.1 Å². The molecular formula is C42H32N2Pt. The van der Waals surface area contributed by atoms with Crippen LogP contribution in [0, 0.1) is 12.1 Å². The maximum absolute atomic E-state index is 5.65. The van der Waals surface area contributed by atoms with E-state index in [-0.39, 0.29) is 26.5 Å². The summed E-state index contributed by atoms with van der Waals surface area (Å²) in [7, 11) is 0. The molecular weight excluding hydrogens is 728 g/mol. The van der Waals surface area contributed by atoms with Crippen LogP contribution in [0.25, 0.3) is 22.5 Å². The van der Waals surface area contributed by atoms with Crippen LogP contribution >= 0.6 is 0 Å². The Morgan fingerprint density at radius 3 is 1.38 bits per heavy atom. The zero-order chi connectivity index (χ0) is 29.5. The summed E-state index contributed by atoms with van der Waals surface area (Å²) in [6, 6.07) is 46.9. The Morgan fingerprint density at radius 2 is 0.911 bits per heavy atom. The fraction of sp³-hybridized carbons (Fsp3) is 0.190. The van der Waals surface area contributed by atoms with Gasteiger partial charge in [-0.1, -0.05) is 98.5 Å². The van der Waals surface area contributed by atoms with Gasteiger partial charge in [0.25, 0.3) is 0 Å². The quantitative estimate of drug-likeness (QED) is 0.165. The summed E-state index contributed by atoms with van der Waals surface area (Å²) in [6.45, 7) is 4.71. The second kappa shape index (κ2) is 10.5. The second-order valence-electron chi connectivity index (χ2n) is 13.0. The predicted molar refractivity (Wildman–Crippen MR) is 176 cm³/mol. The van der Waals surface area contributed by atoms with Crippen molar-refractivity contribution in [2.24, 2.45) is 0 Å². The van der Waals surface area contributed by atoms with Crippen molar-refractivity contribution in [3.8, 4) is 22.5 Å². The Balaban J connectivity index is 0.00000300. The maximum atomic E-state index is 5.65. The third kappa shape index (κ3) is 3.98. The number of rotatable bonds is 2. The zero-order valence-electron chi connectivity index (χ0n) is 25.4. The van der Waals surface area contributed by atoms with Crippen molar-refractivity contribution in [3.05, 3.63) is 177 Å². The van der Waals surface area contributed by atoms with Gasteiger partial charge in [-0.05, 0) is 58.6 Å². The molecule has 0 aliphatic heterocycles. The Morgan fingerprint density at radius 1 is 0.489 bits per heavy atom. The number of benzene rings is 4. The maximum Gasteiger partial charge on any atom is 2.00 e. The van der Waals surface area contributed by atoms with Gasteiger partial charge in [-0.15, -0.1) is 70.8 Å². The molecule has 0 spiro atoms. The molecule has 3 heteroatoms. The van der Waals surface area contributed by atoms with Gasteiger partial charge in [0, 0.05) is 5.41 Å². The van der Waals surface area contributed by atoms with Crippen molar-refractivity contribution in [2.45, 2.75) is 50.4 Å². The largest absolute Gasteiger partial charge is 2.00 e. The molecule has 2 heterocycles. The van der Waals surface area contributed by atoms with Crippen LogP contribution in [0.2, 0.25) is 0 Å². The van der Waals surface area contributed by atoms with Gasteiger partial charge in [0.2, 0.25) is 0 Å². The van der Waals surface area contributed by atoms with Crippen molar-refractivity contribution < 1.29 is 21.1 Å². The first-order valence-electron chi connectivity index (χ1n) is 15.8. The van der Waals surface area contributed by atoms with Crippen molar-refractivity contribution >= 4 is 0 Å². The molecule has 0 atom stereocenters. The van der Waals surface area contributed by atoms with Crippen molar-refractivity contribution in [1.82, 2.24) is 9.97 Å². The summed E-state index contributed by atoms with van der Waals surface area (Å²) in [5, 5.41) is 0. The van der Waals surface area contributed by atoms with Crippen LogP contribution in [-0.4, -0.2) is 9.97 Å². The van der Waals surface area contributed by atoms with Gasteiger partial charge < -0.3 is 0 Å². The molecule has 6 aromatic rings. The summed E-state index contributed by atoms with van der Waals surface area (Å²) < 4.78 is 0. The summed E-state index contributed by atoms with van der Waals surface area (Å²) >= 11 is 0. The summed E-state index contributed by atoms with van der Waals surface area (Å²) in [5.74, 6) is 0. The molecule has 0 bridgehead atoms. The van der Waals surface area contributed by atoms with Gasteiger partial charge in [-0.2, -0.15) is 0 Å². The van der Waals surface area contributed by atoms with Crippen molar-refractivity contribution in [3.63, 3.8) is 0 Å². The van der Waals surface area contributed by atoms with E-state index >= 15 is 0 Å². The van der Waals surface area contributed by atoms with E-state index in [1.165, 1.54) is 44.5 Å². The molecule has 0 saturated carbocycles.